The van der Waals surface area contributed by atoms with E-state index in [1.807, 2.05) is 6.92 Å². The minimum absolute atomic E-state index is 0. The molecular formula is C19H38IN5O3. The molecule has 2 heterocycles. The van der Waals surface area contributed by atoms with Crippen LogP contribution >= 0.6 is 24.0 Å². The van der Waals surface area contributed by atoms with Gasteiger partial charge in [0.1, 0.15) is 0 Å². The first kappa shape index (κ1) is 25.2. The smallest absolute Gasteiger partial charge is 0.409 e. The maximum absolute atomic E-state index is 11.8. The summed E-state index contributed by atoms with van der Waals surface area (Å²) in [7, 11) is 0. The molecule has 28 heavy (non-hydrogen) atoms. The Morgan fingerprint density at radius 2 is 1.86 bits per heavy atom. The molecule has 0 unspecified atom stereocenters. The number of rotatable bonds is 8. The van der Waals surface area contributed by atoms with Crippen molar-refractivity contribution in [2.24, 2.45) is 4.99 Å². The Balaban J connectivity index is 0.00000392. The van der Waals surface area contributed by atoms with Crippen LogP contribution in [0.25, 0.3) is 0 Å². The van der Waals surface area contributed by atoms with Crippen molar-refractivity contribution in [2.75, 3.05) is 65.6 Å². The molecule has 0 radical (unpaired) electrons. The van der Waals surface area contributed by atoms with E-state index in [9.17, 15) is 4.79 Å². The number of halogens is 1. The van der Waals surface area contributed by atoms with Crippen molar-refractivity contribution in [1.29, 1.82) is 0 Å². The number of ether oxygens (including phenoxy) is 2. The van der Waals surface area contributed by atoms with E-state index in [-0.39, 0.29) is 30.1 Å². The molecule has 8 nitrogen and oxygen atoms in total. The van der Waals surface area contributed by atoms with Gasteiger partial charge in [0.25, 0.3) is 0 Å². The Hall–Kier alpha value is -0.810. The maximum Gasteiger partial charge on any atom is 0.409 e. The molecule has 2 aliphatic heterocycles. The Morgan fingerprint density at radius 3 is 2.50 bits per heavy atom. The molecule has 1 amide bonds. The number of carbonyl (C=O) groups is 1. The van der Waals surface area contributed by atoms with Crippen LogP contribution in [-0.2, 0) is 9.47 Å². The van der Waals surface area contributed by atoms with E-state index in [1.165, 1.54) is 6.42 Å². The minimum Gasteiger partial charge on any atom is -0.450 e. The summed E-state index contributed by atoms with van der Waals surface area (Å²) in [6.07, 6.45) is 3.90. The predicted octanol–water partition coefficient (Wildman–Crippen LogP) is 1.89. The van der Waals surface area contributed by atoms with Crippen LogP contribution < -0.4 is 10.6 Å². The van der Waals surface area contributed by atoms with Crippen LogP contribution in [-0.4, -0.2) is 93.5 Å². The highest BCUT2D eigenvalue weighted by atomic mass is 127. The largest absolute Gasteiger partial charge is 0.450 e. The van der Waals surface area contributed by atoms with Gasteiger partial charge < -0.3 is 25.0 Å². The minimum atomic E-state index is -0.197. The highest BCUT2D eigenvalue weighted by Crippen LogP contribution is 2.11. The normalized spacial score (nSPS) is 19.1. The van der Waals surface area contributed by atoms with Gasteiger partial charge in [0, 0.05) is 45.3 Å². The second-order valence-electron chi connectivity index (χ2n) is 7.03. The summed E-state index contributed by atoms with van der Waals surface area (Å²) in [5.74, 6) is 0.887. The van der Waals surface area contributed by atoms with Gasteiger partial charge in [-0.25, -0.2) is 4.79 Å². The van der Waals surface area contributed by atoms with E-state index in [0.29, 0.717) is 12.6 Å². The Labute approximate surface area is 186 Å². The number of hydrogen-bond acceptors (Lipinski definition) is 5. The van der Waals surface area contributed by atoms with Crippen molar-refractivity contribution < 1.29 is 14.3 Å². The van der Waals surface area contributed by atoms with Gasteiger partial charge in [0.15, 0.2) is 5.96 Å². The van der Waals surface area contributed by atoms with E-state index in [2.05, 4.69) is 22.5 Å². The molecule has 0 spiro atoms. The van der Waals surface area contributed by atoms with Crippen LogP contribution in [0.15, 0.2) is 4.99 Å². The molecule has 2 saturated heterocycles. The van der Waals surface area contributed by atoms with Crippen LogP contribution in [0.1, 0.15) is 39.5 Å². The first-order valence-corrected chi connectivity index (χ1v) is 10.5. The summed E-state index contributed by atoms with van der Waals surface area (Å²) < 4.78 is 10.5. The molecule has 0 atom stereocenters. The quantitative estimate of drug-likeness (QED) is 0.224. The van der Waals surface area contributed by atoms with Gasteiger partial charge in [0.2, 0.25) is 0 Å². The molecule has 0 bridgehead atoms. The van der Waals surface area contributed by atoms with Crippen molar-refractivity contribution >= 4 is 36.0 Å². The first-order chi connectivity index (χ1) is 13.2. The number of nitrogens with one attached hydrogen (secondary N) is 2. The second-order valence-corrected chi connectivity index (χ2v) is 7.03. The molecular weight excluding hydrogens is 473 g/mol. The number of unbranched alkanes of at least 4 members (excludes halogenated alkanes) is 1. The van der Waals surface area contributed by atoms with Crippen LogP contribution in [0.5, 0.6) is 0 Å². The summed E-state index contributed by atoms with van der Waals surface area (Å²) in [5.41, 5.74) is 0. The van der Waals surface area contributed by atoms with Crippen molar-refractivity contribution in [3.05, 3.63) is 0 Å². The number of carbonyl (C=O) groups excluding carboxylic acids is 1. The molecule has 2 aliphatic rings. The summed E-state index contributed by atoms with van der Waals surface area (Å²) in [4.78, 5) is 20.8. The number of morpholine rings is 1. The maximum atomic E-state index is 11.8. The van der Waals surface area contributed by atoms with Gasteiger partial charge >= 0.3 is 6.09 Å². The van der Waals surface area contributed by atoms with Crippen molar-refractivity contribution in [1.82, 2.24) is 20.4 Å². The molecule has 164 valence electrons. The lowest BCUT2D eigenvalue weighted by molar-refractivity contribution is 0.0373. The van der Waals surface area contributed by atoms with Crippen molar-refractivity contribution in [3.63, 3.8) is 0 Å². The van der Waals surface area contributed by atoms with Gasteiger partial charge in [-0.1, -0.05) is 0 Å². The van der Waals surface area contributed by atoms with Crippen LogP contribution in [0, 0.1) is 0 Å². The Bertz CT molecular complexity index is 453. The number of amides is 1. The van der Waals surface area contributed by atoms with Crippen LogP contribution in [0.4, 0.5) is 4.79 Å². The summed E-state index contributed by atoms with van der Waals surface area (Å²) >= 11 is 0. The lowest BCUT2D eigenvalue weighted by Gasteiger charge is -2.32. The molecule has 0 aromatic rings. The fourth-order valence-electron chi connectivity index (χ4n) is 3.40. The van der Waals surface area contributed by atoms with Gasteiger partial charge in [0.05, 0.1) is 19.8 Å². The zero-order valence-corrected chi connectivity index (χ0v) is 19.8. The number of nitrogens with zero attached hydrogens (tertiary/aromatic N) is 3. The fourth-order valence-corrected chi connectivity index (χ4v) is 3.40. The fraction of sp³-hybridized carbons (Fsp3) is 0.895. The lowest BCUT2D eigenvalue weighted by atomic mass is 10.1. The number of likely N-dealkylation sites (tertiary alicyclic amines) is 1. The van der Waals surface area contributed by atoms with Crippen LogP contribution in [0.2, 0.25) is 0 Å². The highest BCUT2D eigenvalue weighted by Gasteiger charge is 2.24. The van der Waals surface area contributed by atoms with E-state index in [1.54, 1.807) is 4.90 Å². The molecule has 9 heteroatoms. The van der Waals surface area contributed by atoms with Gasteiger partial charge in [-0.2, -0.15) is 0 Å². The monoisotopic (exact) mass is 511 g/mol. The van der Waals surface area contributed by atoms with Gasteiger partial charge in [-0.15, -0.1) is 24.0 Å². The van der Waals surface area contributed by atoms with E-state index in [4.69, 9.17) is 14.5 Å². The van der Waals surface area contributed by atoms with E-state index in [0.717, 1.165) is 84.2 Å². The molecule has 0 aromatic heterocycles. The number of aliphatic imine (C=N–C) groups is 1. The molecule has 0 aromatic carbocycles. The lowest BCUT2D eigenvalue weighted by Crippen LogP contribution is -2.49. The number of guanidine groups is 1. The summed E-state index contributed by atoms with van der Waals surface area (Å²) in [6, 6.07) is 0.349. The molecule has 0 saturated carbocycles. The molecule has 2 rings (SSSR count). The van der Waals surface area contributed by atoms with E-state index >= 15 is 0 Å². The zero-order chi connectivity index (χ0) is 19.3. The van der Waals surface area contributed by atoms with Gasteiger partial charge in [-0.3, -0.25) is 9.89 Å². The van der Waals surface area contributed by atoms with Crippen molar-refractivity contribution in [3.8, 4) is 0 Å². The Morgan fingerprint density at radius 1 is 1.14 bits per heavy atom. The zero-order valence-electron chi connectivity index (χ0n) is 17.5. The topological polar surface area (TPSA) is 78.4 Å². The molecule has 2 N–H and O–H groups in total. The highest BCUT2D eigenvalue weighted by molar-refractivity contribution is 14.0. The standard InChI is InChI=1S/C19H37N5O3.HI/c1-3-20-18(21-9-5-6-10-23-13-15-26-16-14-23)22-17-7-11-24(12-8-17)19(25)27-4-2;/h17H,3-16H2,1-2H3,(H2,20,21,22);1H. The third kappa shape index (κ3) is 9.60. The average Bonchev–Trinajstić information content (AvgIpc) is 2.69. The summed E-state index contributed by atoms with van der Waals surface area (Å²) in [6.45, 7) is 12.5. The Kier molecular flexibility index (Phi) is 13.6. The molecule has 0 aliphatic carbocycles. The van der Waals surface area contributed by atoms with Crippen molar-refractivity contribution in [2.45, 2.75) is 45.6 Å². The predicted molar refractivity (Wildman–Crippen MR) is 123 cm³/mol. The van der Waals surface area contributed by atoms with Crippen LogP contribution in [0.3, 0.4) is 0 Å². The average molecular weight is 511 g/mol. The van der Waals surface area contributed by atoms with E-state index < -0.39 is 0 Å². The third-order valence-corrected chi connectivity index (χ3v) is 4.96. The van der Waals surface area contributed by atoms with Gasteiger partial charge in [-0.05, 0) is 46.1 Å². The third-order valence-electron chi connectivity index (χ3n) is 4.96. The number of hydrogen-bond donors (Lipinski definition) is 2. The second kappa shape index (κ2) is 15.1. The summed E-state index contributed by atoms with van der Waals surface area (Å²) in [5, 5.41) is 6.85. The number of piperidine rings is 1. The SMILES string of the molecule is CCNC(=NCCCCN1CCOCC1)NC1CCN(C(=O)OCC)CC1.I. The first-order valence-electron chi connectivity index (χ1n) is 10.5. The molecule has 2 fully saturated rings.